The minimum absolute atomic E-state index is 0.167. The van der Waals surface area contributed by atoms with E-state index in [1.807, 2.05) is 0 Å². The number of ether oxygens (including phenoxy) is 3. The number of hydrogen-bond acceptors (Lipinski definition) is 5. The van der Waals surface area contributed by atoms with Crippen molar-refractivity contribution in [3.05, 3.63) is 0 Å². The minimum Gasteiger partial charge on any atom is -0.374 e. The van der Waals surface area contributed by atoms with Crippen LogP contribution in [0.25, 0.3) is 0 Å². The molecule has 0 saturated carbocycles. The third-order valence-electron chi connectivity index (χ3n) is 4.00. The summed E-state index contributed by atoms with van der Waals surface area (Å²) in [6.45, 7) is 6.10. The molecule has 3 unspecified atom stereocenters. The van der Waals surface area contributed by atoms with Crippen LogP contribution in [-0.4, -0.2) is 69.8 Å². The number of hydrogen-bond donors (Lipinski definition) is 1. The van der Waals surface area contributed by atoms with Crippen LogP contribution >= 0.6 is 0 Å². The molecule has 2 aliphatic rings. The molecule has 2 rings (SSSR count). The zero-order valence-corrected chi connectivity index (χ0v) is 11.7. The molecule has 18 heavy (non-hydrogen) atoms. The van der Waals surface area contributed by atoms with Gasteiger partial charge in [0, 0.05) is 33.4 Å². The molecule has 3 atom stereocenters. The fraction of sp³-hybridized carbons (Fsp3) is 1.00. The van der Waals surface area contributed by atoms with Crippen molar-refractivity contribution in [1.29, 1.82) is 0 Å². The van der Waals surface area contributed by atoms with Gasteiger partial charge in [0.1, 0.15) is 0 Å². The molecule has 0 aliphatic carbocycles. The fourth-order valence-electron chi connectivity index (χ4n) is 2.93. The summed E-state index contributed by atoms with van der Waals surface area (Å²) in [6, 6.07) is 0.837. The highest BCUT2D eigenvalue weighted by molar-refractivity contribution is 4.86. The molecule has 5 nitrogen and oxygen atoms in total. The lowest BCUT2D eigenvalue weighted by Crippen LogP contribution is -2.51. The summed E-state index contributed by atoms with van der Waals surface area (Å²) in [5.74, 6) is 0. The SMILES string of the molecule is COC(OC)C(C)NCC1CN2CCCC2CO1. The van der Waals surface area contributed by atoms with E-state index in [9.17, 15) is 0 Å². The van der Waals surface area contributed by atoms with Crippen molar-refractivity contribution in [3.8, 4) is 0 Å². The normalized spacial score (nSPS) is 30.7. The Bertz CT molecular complexity index is 248. The Morgan fingerprint density at radius 2 is 2.17 bits per heavy atom. The Morgan fingerprint density at radius 3 is 2.89 bits per heavy atom. The summed E-state index contributed by atoms with van der Waals surface area (Å²) in [5.41, 5.74) is 0. The van der Waals surface area contributed by atoms with Crippen molar-refractivity contribution in [3.63, 3.8) is 0 Å². The molecule has 5 heteroatoms. The molecular formula is C13H26N2O3. The second-order valence-corrected chi connectivity index (χ2v) is 5.28. The van der Waals surface area contributed by atoms with Crippen LogP contribution in [0, 0.1) is 0 Å². The number of nitrogens with one attached hydrogen (secondary N) is 1. The number of rotatable bonds is 6. The highest BCUT2D eigenvalue weighted by Gasteiger charge is 2.32. The van der Waals surface area contributed by atoms with Gasteiger partial charge < -0.3 is 19.5 Å². The number of fused-ring (bicyclic) bond motifs is 1. The van der Waals surface area contributed by atoms with Crippen LogP contribution in [0.1, 0.15) is 19.8 Å². The van der Waals surface area contributed by atoms with Crippen molar-refractivity contribution < 1.29 is 14.2 Å². The van der Waals surface area contributed by atoms with Gasteiger partial charge in [-0.25, -0.2) is 0 Å². The van der Waals surface area contributed by atoms with Crippen molar-refractivity contribution in [2.75, 3.05) is 40.5 Å². The van der Waals surface area contributed by atoms with Gasteiger partial charge in [-0.2, -0.15) is 0 Å². The van der Waals surface area contributed by atoms with Gasteiger partial charge in [-0.05, 0) is 26.3 Å². The van der Waals surface area contributed by atoms with Crippen molar-refractivity contribution in [1.82, 2.24) is 10.2 Å². The second kappa shape index (κ2) is 6.82. The van der Waals surface area contributed by atoms with E-state index in [1.54, 1.807) is 14.2 Å². The molecule has 0 amide bonds. The number of methoxy groups -OCH3 is 2. The summed E-state index contributed by atoms with van der Waals surface area (Å²) in [4.78, 5) is 2.56. The van der Waals surface area contributed by atoms with Crippen LogP contribution in [0.15, 0.2) is 0 Å². The molecule has 106 valence electrons. The highest BCUT2D eigenvalue weighted by Crippen LogP contribution is 2.22. The molecule has 0 aromatic rings. The first kappa shape index (κ1) is 14.2. The van der Waals surface area contributed by atoms with Gasteiger partial charge in [0.2, 0.25) is 0 Å². The lowest BCUT2D eigenvalue weighted by molar-refractivity contribution is -0.122. The van der Waals surface area contributed by atoms with Crippen molar-refractivity contribution in [2.45, 2.75) is 44.2 Å². The Morgan fingerprint density at radius 1 is 1.39 bits per heavy atom. The Kier molecular flexibility index (Phi) is 5.38. The lowest BCUT2D eigenvalue weighted by Gasteiger charge is -2.36. The largest absolute Gasteiger partial charge is 0.374 e. The first-order valence-electron chi connectivity index (χ1n) is 6.89. The average molecular weight is 258 g/mol. The smallest absolute Gasteiger partial charge is 0.171 e. The lowest BCUT2D eigenvalue weighted by atomic mass is 10.2. The molecule has 0 bridgehead atoms. The summed E-state index contributed by atoms with van der Waals surface area (Å²) in [5, 5.41) is 3.43. The van der Waals surface area contributed by atoms with Gasteiger partial charge in [-0.3, -0.25) is 4.90 Å². The molecule has 2 fully saturated rings. The van der Waals surface area contributed by atoms with E-state index in [4.69, 9.17) is 14.2 Å². The van der Waals surface area contributed by atoms with Crippen LogP contribution in [0.4, 0.5) is 0 Å². The van der Waals surface area contributed by atoms with E-state index < -0.39 is 0 Å². The first-order valence-corrected chi connectivity index (χ1v) is 6.89. The van der Waals surface area contributed by atoms with Crippen LogP contribution < -0.4 is 5.32 Å². The summed E-state index contributed by atoms with van der Waals surface area (Å²) in [6.07, 6.45) is 2.70. The molecule has 0 aromatic heterocycles. The van der Waals surface area contributed by atoms with E-state index in [2.05, 4.69) is 17.1 Å². The quantitative estimate of drug-likeness (QED) is 0.701. The monoisotopic (exact) mass is 258 g/mol. The van der Waals surface area contributed by atoms with Crippen LogP contribution in [-0.2, 0) is 14.2 Å². The van der Waals surface area contributed by atoms with E-state index in [-0.39, 0.29) is 18.4 Å². The Balaban J connectivity index is 1.70. The van der Waals surface area contributed by atoms with Gasteiger partial charge in [-0.1, -0.05) is 0 Å². The van der Waals surface area contributed by atoms with Crippen molar-refractivity contribution >= 4 is 0 Å². The number of nitrogens with zero attached hydrogens (tertiary/aromatic N) is 1. The summed E-state index contributed by atoms with van der Waals surface area (Å²) < 4.78 is 16.4. The van der Waals surface area contributed by atoms with Crippen LogP contribution in [0.5, 0.6) is 0 Å². The maximum Gasteiger partial charge on any atom is 0.171 e. The predicted molar refractivity (Wildman–Crippen MR) is 69.6 cm³/mol. The van der Waals surface area contributed by atoms with Gasteiger partial charge in [0.15, 0.2) is 6.29 Å². The summed E-state index contributed by atoms with van der Waals surface area (Å²) >= 11 is 0. The predicted octanol–water partition coefficient (Wildman–Crippen LogP) is 0.447. The van der Waals surface area contributed by atoms with Gasteiger partial charge in [0.05, 0.1) is 18.8 Å². The van der Waals surface area contributed by atoms with Gasteiger partial charge >= 0.3 is 0 Å². The average Bonchev–Trinajstić information content (AvgIpc) is 2.85. The maximum absolute atomic E-state index is 5.90. The molecule has 0 radical (unpaired) electrons. The molecule has 2 aliphatic heterocycles. The molecule has 0 aromatic carbocycles. The van der Waals surface area contributed by atoms with Gasteiger partial charge in [-0.15, -0.1) is 0 Å². The number of morpholine rings is 1. The summed E-state index contributed by atoms with van der Waals surface area (Å²) in [7, 11) is 3.33. The molecule has 1 N–H and O–H groups in total. The zero-order valence-electron chi connectivity index (χ0n) is 11.7. The third-order valence-corrected chi connectivity index (χ3v) is 4.00. The molecular weight excluding hydrogens is 232 g/mol. The maximum atomic E-state index is 5.90. The van der Waals surface area contributed by atoms with E-state index >= 15 is 0 Å². The van der Waals surface area contributed by atoms with E-state index in [0.717, 1.165) is 19.7 Å². The van der Waals surface area contributed by atoms with E-state index in [1.165, 1.54) is 19.4 Å². The highest BCUT2D eigenvalue weighted by atomic mass is 16.7. The first-order chi connectivity index (χ1) is 8.74. The minimum atomic E-state index is -0.201. The molecule has 0 spiro atoms. The molecule has 2 heterocycles. The molecule has 2 saturated heterocycles. The van der Waals surface area contributed by atoms with E-state index in [0.29, 0.717) is 6.04 Å². The van der Waals surface area contributed by atoms with Gasteiger partial charge in [0.25, 0.3) is 0 Å². The fourth-order valence-corrected chi connectivity index (χ4v) is 2.93. The Labute approximate surface area is 110 Å². The van der Waals surface area contributed by atoms with Crippen LogP contribution in [0.3, 0.4) is 0 Å². The topological polar surface area (TPSA) is 43.0 Å². The standard InChI is InChI=1S/C13H26N2O3/c1-10(13(16-2)17-3)14-7-12-8-15-6-4-5-11(15)9-18-12/h10-14H,4-9H2,1-3H3. The Hall–Kier alpha value is -0.200. The third kappa shape index (κ3) is 3.42. The second-order valence-electron chi connectivity index (χ2n) is 5.28. The van der Waals surface area contributed by atoms with Crippen molar-refractivity contribution in [2.24, 2.45) is 0 Å². The van der Waals surface area contributed by atoms with Crippen LogP contribution in [0.2, 0.25) is 0 Å². The zero-order chi connectivity index (χ0) is 13.0.